The molecule has 4 fully saturated rings. The number of carbonyl (C=O) groups is 5. The number of hydrogen-bond donors (Lipinski definition) is 2. The van der Waals surface area contributed by atoms with E-state index >= 15 is 0 Å². The molecule has 14 nitrogen and oxygen atoms in total. The third-order valence-corrected chi connectivity index (χ3v) is 13.2. The van der Waals surface area contributed by atoms with E-state index in [2.05, 4.69) is 60.6 Å². The molecule has 5 amide bonds. The van der Waals surface area contributed by atoms with Gasteiger partial charge in [0.1, 0.15) is 10.5 Å². The zero-order valence-electron chi connectivity index (χ0n) is 31.1. The second kappa shape index (κ2) is 14.6. The smallest absolute Gasteiger partial charge is 0.282 e. The highest BCUT2D eigenvalue weighted by Crippen LogP contribution is 2.43. The van der Waals surface area contributed by atoms with Gasteiger partial charge in [-0.25, -0.2) is 4.68 Å². The molecule has 2 aromatic carbocycles. The predicted molar refractivity (Wildman–Crippen MR) is 208 cm³/mol. The molecule has 1 spiro atoms. The maximum atomic E-state index is 13.7. The molecule has 0 radical (unpaired) electrons. The fraction of sp³-hybridized carbons (Fsp3) is 0.475. The number of likely N-dealkylation sites (tertiary alicyclic amines) is 2. The predicted octanol–water partition coefficient (Wildman–Crippen LogP) is 3.37. The number of amides is 5. The average Bonchev–Trinajstić information content (AvgIpc) is 3.43. The number of hydrogen-bond acceptors (Lipinski definition) is 10. The van der Waals surface area contributed by atoms with E-state index in [-0.39, 0.29) is 47.2 Å². The Bertz CT molecular complexity index is 2120. The molecular formula is C40H45BrN8O6. The molecular weight excluding hydrogens is 768 g/mol. The zero-order valence-corrected chi connectivity index (χ0v) is 32.6. The van der Waals surface area contributed by atoms with Crippen LogP contribution in [-0.4, -0.2) is 112 Å². The maximum absolute atomic E-state index is 13.7. The summed E-state index contributed by atoms with van der Waals surface area (Å²) < 4.78 is 1.78. The molecule has 15 heteroatoms. The van der Waals surface area contributed by atoms with Crippen LogP contribution in [0.5, 0.6) is 0 Å². The van der Waals surface area contributed by atoms with Crippen molar-refractivity contribution in [2.75, 3.05) is 56.5 Å². The van der Waals surface area contributed by atoms with Gasteiger partial charge in [-0.15, -0.1) is 0 Å². The van der Waals surface area contributed by atoms with Crippen LogP contribution in [0.15, 0.2) is 57.9 Å². The molecule has 5 aliphatic rings. The lowest BCUT2D eigenvalue weighted by Crippen LogP contribution is -2.54. The minimum atomic E-state index is -0.984. The summed E-state index contributed by atoms with van der Waals surface area (Å²) in [5, 5.41) is 9.91. The summed E-state index contributed by atoms with van der Waals surface area (Å²) in [7, 11) is 3.72. The SMILES string of the molecule is CN1C[C@H](Nc2cnn(C)c(=O)c2Br)C[C@H](c2ccc(C(=O)N3CCC4(CC3)CCN(c3ccc5c(c3)C(=O)N(C3CCC(=O)NC3=O)C5=O)CC4)cc2)C1. The van der Waals surface area contributed by atoms with Crippen LogP contribution < -0.4 is 21.1 Å². The van der Waals surface area contributed by atoms with Crippen LogP contribution in [0, 0.1) is 5.41 Å². The first-order valence-corrected chi connectivity index (χ1v) is 19.9. The Hall–Kier alpha value is -4.89. The van der Waals surface area contributed by atoms with Crippen LogP contribution in [0.25, 0.3) is 0 Å². The van der Waals surface area contributed by atoms with Crippen LogP contribution in [0.2, 0.25) is 0 Å². The number of nitrogens with one attached hydrogen (secondary N) is 2. The Balaban J connectivity index is 0.844. The van der Waals surface area contributed by atoms with Gasteiger partial charge in [0.25, 0.3) is 23.3 Å². The normalized spacial score (nSPS) is 24.3. The number of piperidine rings is 4. The van der Waals surface area contributed by atoms with Crippen LogP contribution in [-0.2, 0) is 16.6 Å². The van der Waals surface area contributed by atoms with Crippen LogP contribution in [0.1, 0.15) is 87.5 Å². The molecule has 0 aliphatic carbocycles. The number of benzene rings is 2. The van der Waals surface area contributed by atoms with Gasteiger partial charge in [-0.2, -0.15) is 5.10 Å². The maximum Gasteiger partial charge on any atom is 0.282 e. The summed E-state index contributed by atoms with van der Waals surface area (Å²) in [6.45, 7) is 4.77. The van der Waals surface area contributed by atoms with Gasteiger partial charge >= 0.3 is 0 Å². The number of nitrogens with zero attached hydrogens (tertiary/aromatic N) is 6. The number of rotatable bonds is 6. The van der Waals surface area contributed by atoms with Crippen molar-refractivity contribution in [1.82, 2.24) is 29.8 Å². The molecule has 1 unspecified atom stereocenters. The fourth-order valence-corrected chi connectivity index (χ4v) is 9.63. The lowest BCUT2D eigenvalue weighted by molar-refractivity contribution is -0.136. The van der Waals surface area contributed by atoms with Crippen molar-refractivity contribution in [2.24, 2.45) is 12.5 Å². The van der Waals surface area contributed by atoms with E-state index in [1.807, 2.05) is 23.1 Å². The molecule has 3 aromatic rings. The van der Waals surface area contributed by atoms with Gasteiger partial charge < -0.3 is 20.0 Å². The average molecular weight is 814 g/mol. The van der Waals surface area contributed by atoms with Crippen molar-refractivity contribution in [1.29, 1.82) is 0 Å². The van der Waals surface area contributed by atoms with Gasteiger partial charge in [-0.1, -0.05) is 12.1 Å². The Morgan fingerprint density at radius 2 is 1.58 bits per heavy atom. The summed E-state index contributed by atoms with van der Waals surface area (Å²) in [5.74, 6) is -1.68. The minimum absolute atomic E-state index is 0.0610. The van der Waals surface area contributed by atoms with Gasteiger partial charge in [0.15, 0.2) is 0 Å². The highest BCUT2D eigenvalue weighted by atomic mass is 79.9. The monoisotopic (exact) mass is 812 g/mol. The molecule has 0 bridgehead atoms. The second-order valence-electron chi connectivity index (χ2n) is 15.9. The van der Waals surface area contributed by atoms with Crippen molar-refractivity contribution in [3.8, 4) is 0 Å². The molecule has 1 aromatic heterocycles. The molecule has 5 aliphatic heterocycles. The van der Waals surface area contributed by atoms with E-state index in [1.165, 1.54) is 10.2 Å². The van der Waals surface area contributed by atoms with Crippen molar-refractivity contribution < 1.29 is 24.0 Å². The van der Waals surface area contributed by atoms with Crippen molar-refractivity contribution in [3.05, 3.63) is 85.7 Å². The van der Waals surface area contributed by atoms with Crippen LogP contribution in [0.4, 0.5) is 11.4 Å². The van der Waals surface area contributed by atoms with Crippen molar-refractivity contribution in [2.45, 2.75) is 62.9 Å². The molecule has 8 rings (SSSR count). The van der Waals surface area contributed by atoms with Gasteiger partial charge in [0, 0.05) is 70.0 Å². The van der Waals surface area contributed by atoms with Crippen molar-refractivity contribution in [3.63, 3.8) is 0 Å². The number of likely N-dealkylation sites (N-methyl/N-ethyl adjacent to an activating group) is 1. The summed E-state index contributed by atoms with van der Waals surface area (Å²) >= 11 is 3.42. The molecule has 2 N–H and O–H groups in total. The van der Waals surface area contributed by atoms with Gasteiger partial charge in [0.2, 0.25) is 11.8 Å². The summed E-state index contributed by atoms with van der Waals surface area (Å²) in [6, 6.07) is 12.5. The molecule has 6 heterocycles. The van der Waals surface area contributed by atoms with E-state index in [9.17, 15) is 28.8 Å². The highest BCUT2D eigenvalue weighted by Gasteiger charge is 2.45. The van der Waals surface area contributed by atoms with Gasteiger partial charge in [-0.05, 0) is 109 Å². The first-order chi connectivity index (χ1) is 26.4. The van der Waals surface area contributed by atoms with E-state index in [0.717, 1.165) is 68.9 Å². The largest absolute Gasteiger partial charge is 0.379 e. The molecule has 4 saturated heterocycles. The Morgan fingerprint density at radius 1 is 0.891 bits per heavy atom. The summed E-state index contributed by atoms with van der Waals surface area (Å²) in [4.78, 5) is 84.1. The quantitative estimate of drug-likeness (QED) is 0.354. The van der Waals surface area contributed by atoms with E-state index in [1.54, 1.807) is 25.4 Å². The molecule has 55 heavy (non-hydrogen) atoms. The van der Waals surface area contributed by atoms with Crippen LogP contribution >= 0.6 is 15.9 Å². The number of anilines is 2. The molecule has 0 saturated carbocycles. The second-order valence-corrected chi connectivity index (χ2v) is 16.7. The first kappa shape index (κ1) is 37.1. The summed E-state index contributed by atoms with van der Waals surface area (Å²) in [6.07, 6.45) is 6.58. The number of carbonyl (C=O) groups excluding carboxylic acids is 5. The van der Waals surface area contributed by atoms with Crippen molar-refractivity contribution >= 4 is 56.8 Å². The fourth-order valence-electron chi connectivity index (χ4n) is 9.16. The lowest BCUT2D eigenvalue weighted by Gasteiger charge is -2.47. The number of aromatic nitrogens is 2. The third kappa shape index (κ3) is 7.08. The van der Waals surface area contributed by atoms with Crippen LogP contribution in [0.3, 0.4) is 0 Å². The van der Waals surface area contributed by atoms with Gasteiger partial charge in [0.05, 0.1) is 23.0 Å². The Kier molecular flexibility index (Phi) is 9.86. The number of aryl methyl sites for hydroxylation is 1. The molecule has 288 valence electrons. The Labute approximate surface area is 327 Å². The number of halogens is 1. The summed E-state index contributed by atoms with van der Waals surface area (Å²) in [5.41, 5.74) is 3.99. The number of imide groups is 2. The lowest BCUT2D eigenvalue weighted by atomic mass is 9.71. The first-order valence-electron chi connectivity index (χ1n) is 19.1. The number of fused-ring (bicyclic) bond motifs is 1. The van der Waals surface area contributed by atoms with E-state index in [0.29, 0.717) is 34.4 Å². The molecule has 3 atom stereocenters. The van der Waals surface area contributed by atoms with Gasteiger partial charge in [-0.3, -0.25) is 39.0 Å². The van der Waals surface area contributed by atoms with E-state index < -0.39 is 29.7 Å². The van der Waals surface area contributed by atoms with E-state index in [4.69, 9.17) is 0 Å². The minimum Gasteiger partial charge on any atom is -0.379 e. The highest BCUT2D eigenvalue weighted by molar-refractivity contribution is 9.10. The Morgan fingerprint density at radius 3 is 2.29 bits per heavy atom. The third-order valence-electron chi connectivity index (χ3n) is 12.4. The zero-order chi connectivity index (χ0) is 38.6. The topological polar surface area (TPSA) is 157 Å². The standard InChI is InChI=1S/C40H45BrN8O6/c1-45-22-26(19-27(23-45)43-31-21-42-46(2)39(55)34(31)41)24-3-5-25(6-4-24)36(52)48-17-13-40(14-18-48)11-15-47(16-12-40)28-7-8-29-30(20-28)38(54)49(37(29)53)32-9-10-33(50)44-35(32)51/h3-8,20-21,26-27,32,43H,9-19,22-23H2,1-2H3,(H,44,50,51)/t26-,27+,32?/m0/s1.